The molecule has 2 unspecified atom stereocenters. The Morgan fingerprint density at radius 2 is 2.05 bits per heavy atom. The average Bonchev–Trinajstić information content (AvgIpc) is 2.41. The second kappa shape index (κ2) is 11.3. The van der Waals surface area contributed by atoms with Crippen molar-refractivity contribution in [1.29, 1.82) is 0 Å². The van der Waals surface area contributed by atoms with Gasteiger partial charge in [-0.15, -0.1) is 0 Å². The maximum absolute atomic E-state index is 12.1. The van der Waals surface area contributed by atoms with Crippen molar-refractivity contribution in [3.8, 4) is 0 Å². The Bertz CT molecular complexity index is 289. The van der Waals surface area contributed by atoms with Crippen molar-refractivity contribution in [1.82, 2.24) is 5.32 Å². The van der Waals surface area contributed by atoms with Crippen LogP contribution in [0.2, 0.25) is 0 Å². The van der Waals surface area contributed by atoms with Crippen LogP contribution in [0, 0.1) is 0 Å². The zero-order chi connectivity index (χ0) is 16.3. The fourth-order valence-electron chi connectivity index (χ4n) is 2.12. The molecule has 0 aliphatic carbocycles. The molecule has 0 saturated heterocycles. The predicted octanol–water partition coefficient (Wildman–Crippen LogP) is 1.56. The minimum Gasteiger partial charge on any atom is -0.465 e. The molecule has 126 valence electrons. The molecular formula is C15H31NO4S. The van der Waals surface area contributed by atoms with Gasteiger partial charge in [0.2, 0.25) is 0 Å². The Labute approximate surface area is 132 Å². The fourth-order valence-corrected chi connectivity index (χ4v) is 3.07. The smallest absolute Gasteiger partial charge is 0.326 e. The Hall–Kier alpha value is -0.300. The first kappa shape index (κ1) is 20.7. The van der Waals surface area contributed by atoms with Gasteiger partial charge in [0.1, 0.15) is 5.54 Å². The van der Waals surface area contributed by atoms with Crippen LogP contribution in [0.25, 0.3) is 0 Å². The molecule has 0 aromatic heterocycles. The van der Waals surface area contributed by atoms with E-state index in [0.717, 1.165) is 25.0 Å². The maximum Gasteiger partial charge on any atom is 0.326 e. The van der Waals surface area contributed by atoms with Gasteiger partial charge in [-0.2, -0.15) is 11.8 Å². The lowest BCUT2D eigenvalue weighted by Gasteiger charge is -2.30. The molecule has 0 spiro atoms. The number of esters is 1. The number of hydrogen-bond donors (Lipinski definition) is 3. The summed E-state index contributed by atoms with van der Waals surface area (Å²) in [6, 6.07) is 0.216. The van der Waals surface area contributed by atoms with Crippen LogP contribution in [0.3, 0.4) is 0 Å². The summed E-state index contributed by atoms with van der Waals surface area (Å²) >= 11 is 1.62. The summed E-state index contributed by atoms with van der Waals surface area (Å²) in [6.07, 6.45) is 1.98. The highest BCUT2D eigenvalue weighted by molar-refractivity contribution is 7.99. The van der Waals surface area contributed by atoms with Crippen LogP contribution in [-0.4, -0.2) is 58.6 Å². The van der Waals surface area contributed by atoms with Crippen LogP contribution in [0.4, 0.5) is 0 Å². The second-order valence-corrected chi connectivity index (χ2v) is 6.87. The van der Waals surface area contributed by atoms with E-state index < -0.39 is 11.6 Å². The summed E-state index contributed by atoms with van der Waals surface area (Å²) < 4.78 is 5.16. The summed E-state index contributed by atoms with van der Waals surface area (Å²) in [4.78, 5) is 12.1. The van der Waals surface area contributed by atoms with Gasteiger partial charge in [0, 0.05) is 11.8 Å². The first-order chi connectivity index (χ1) is 9.85. The summed E-state index contributed by atoms with van der Waals surface area (Å²) in [7, 11) is 0. The van der Waals surface area contributed by atoms with Gasteiger partial charge < -0.3 is 14.9 Å². The van der Waals surface area contributed by atoms with Crippen LogP contribution in [0.5, 0.6) is 0 Å². The SMILES string of the molecule is CCOC(=O)C(C)(CCCCSCC(O)CO)NC(C)C. The van der Waals surface area contributed by atoms with Crippen LogP contribution in [0.15, 0.2) is 0 Å². The van der Waals surface area contributed by atoms with Crippen LogP contribution < -0.4 is 5.32 Å². The van der Waals surface area contributed by atoms with Crippen molar-refractivity contribution < 1.29 is 19.7 Å². The van der Waals surface area contributed by atoms with E-state index in [-0.39, 0.29) is 18.6 Å². The molecular weight excluding hydrogens is 290 g/mol. The van der Waals surface area contributed by atoms with E-state index in [1.807, 2.05) is 27.7 Å². The zero-order valence-corrected chi connectivity index (χ0v) is 14.5. The topological polar surface area (TPSA) is 78.8 Å². The number of carbonyl (C=O) groups is 1. The summed E-state index contributed by atoms with van der Waals surface area (Å²) in [5.41, 5.74) is -0.639. The van der Waals surface area contributed by atoms with Crippen molar-refractivity contribution >= 4 is 17.7 Å². The van der Waals surface area contributed by atoms with Crippen LogP contribution in [-0.2, 0) is 9.53 Å². The maximum atomic E-state index is 12.1. The highest BCUT2D eigenvalue weighted by Crippen LogP contribution is 2.18. The van der Waals surface area contributed by atoms with Crippen molar-refractivity contribution in [2.45, 2.75) is 64.6 Å². The van der Waals surface area contributed by atoms with E-state index in [0.29, 0.717) is 12.4 Å². The third-order valence-corrected chi connectivity index (χ3v) is 4.27. The first-order valence-corrected chi connectivity index (χ1v) is 8.82. The average molecular weight is 321 g/mol. The monoisotopic (exact) mass is 321 g/mol. The Morgan fingerprint density at radius 1 is 1.38 bits per heavy atom. The predicted molar refractivity (Wildman–Crippen MR) is 87.6 cm³/mol. The first-order valence-electron chi connectivity index (χ1n) is 7.67. The van der Waals surface area contributed by atoms with Gasteiger partial charge in [-0.1, -0.05) is 6.42 Å². The van der Waals surface area contributed by atoms with Crippen LogP contribution in [0.1, 0.15) is 47.0 Å². The molecule has 0 fully saturated rings. The minimum atomic E-state index is -0.639. The van der Waals surface area contributed by atoms with Gasteiger partial charge in [0.25, 0.3) is 0 Å². The van der Waals surface area contributed by atoms with Crippen LogP contribution >= 0.6 is 11.8 Å². The molecule has 21 heavy (non-hydrogen) atoms. The summed E-state index contributed by atoms with van der Waals surface area (Å²) in [5.74, 6) is 1.27. The van der Waals surface area contributed by atoms with Crippen molar-refractivity contribution in [3.63, 3.8) is 0 Å². The third kappa shape index (κ3) is 9.34. The van der Waals surface area contributed by atoms with E-state index in [4.69, 9.17) is 9.84 Å². The Kier molecular flexibility index (Phi) is 11.1. The molecule has 0 heterocycles. The van der Waals surface area contributed by atoms with Crippen molar-refractivity contribution in [2.24, 2.45) is 0 Å². The lowest BCUT2D eigenvalue weighted by atomic mass is 9.94. The standard InChI is InChI=1S/C15H31NO4S/c1-5-20-14(19)15(4,16-12(2)3)8-6-7-9-21-11-13(18)10-17/h12-13,16-18H,5-11H2,1-4H3. The summed E-state index contributed by atoms with van der Waals surface area (Å²) in [5, 5.41) is 21.3. The van der Waals surface area contributed by atoms with Gasteiger partial charge in [-0.25, -0.2) is 0 Å². The molecule has 0 aliphatic heterocycles. The molecule has 0 bridgehead atoms. The van der Waals surface area contributed by atoms with E-state index >= 15 is 0 Å². The van der Waals surface area contributed by atoms with E-state index in [2.05, 4.69) is 5.32 Å². The highest BCUT2D eigenvalue weighted by Gasteiger charge is 2.34. The minimum absolute atomic E-state index is 0.188. The summed E-state index contributed by atoms with van der Waals surface area (Å²) in [6.45, 7) is 7.95. The normalized spacial score (nSPS) is 15.8. The largest absolute Gasteiger partial charge is 0.465 e. The molecule has 0 amide bonds. The second-order valence-electron chi connectivity index (χ2n) is 5.72. The van der Waals surface area contributed by atoms with Gasteiger partial charge in [-0.3, -0.25) is 10.1 Å². The molecule has 5 nitrogen and oxygen atoms in total. The number of hydrogen-bond acceptors (Lipinski definition) is 6. The molecule has 0 aromatic carbocycles. The molecule has 0 saturated carbocycles. The zero-order valence-electron chi connectivity index (χ0n) is 13.7. The molecule has 0 aliphatic rings. The number of ether oxygens (including phenoxy) is 1. The Morgan fingerprint density at radius 3 is 2.57 bits per heavy atom. The van der Waals surface area contributed by atoms with E-state index in [9.17, 15) is 9.90 Å². The number of carbonyl (C=O) groups excluding carboxylic acids is 1. The Balaban J connectivity index is 4.10. The third-order valence-electron chi connectivity index (χ3n) is 3.07. The molecule has 3 N–H and O–H groups in total. The molecule has 0 aromatic rings. The fraction of sp³-hybridized carbons (Fsp3) is 0.933. The van der Waals surface area contributed by atoms with Gasteiger partial charge in [0.05, 0.1) is 19.3 Å². The molecule has 0 rings (SSSR count). The highest BCUT2D eigenvalue weighted by atomic mass is 32.2. The molecule has 0 radical (unpaired) electrons. The van der Waals surface area contributed by atoms with E-state index in [1.165, 1.54) is 0 Å². The van der Waals surface area contributed by atoms with Gasteiger partial charge in [0.15, 0.2) is 0 Å². The number of rotatable bonds is 12. The number of thioether (sulfide) groups is 1. The number of unbranched alkanes of at least 4 members (excludes halogenated alkanes) is 1. The lowest BCUT2D eigenvalue weighted by molar-refractivity contribution is -0.151. The number of aliphatic hydroxyl groups excluding tert-OH is 2. The quantitative estimate of drug-likeness (QED) is 0.374. The van der Waals surface area contributed by atoms with Gasteiger partial charge >= 0.3 is 5.97 Å². The molecule has 2 atom stereocenters. The van der Waals surface area contributed by atoms with Crippen molar-refractivity contribution in [2.75, 3.05) is 24.7 Å². The molecule has 6 heteroatoms. The number of aliphatic hydroxyl groups is 2. The van der Waals surface area contributed by atoms with Crippen molar-refractivity contribution in [3.05, 3.63) is 0 Å². The van der Waals surface area contributed by atoms with E-state index in [1.54, 1.807) is 11.8 Å². The number of nitrogens with one attached hydrogen (secondary N) is 1. The lowest BCUT2D eigenvalue weighted by Crippen LogP contribution is -2.53. The van der Waals surface area contributed by atoms with Gasteiger partial charge in [-0.05, 0) is 46.3 Å².